The second kappa shape index (κ2) is 6.97. The SMILES string of the molecule is O=C(CCc1nc(-c2ccc(Cl)cc2)no1)Nc1cccc2cn[nH]c12. The van der Waals surface area contributed by atoms with Crippen molar-refractivity contribution in [3.63, 3.8) is 0 Å². The van der Waals surface area contributed by atoms with E-state index in [-0.39, 0.29) is 12.3 Å². The van der Waals surface area contributed by atoms with E-state index in [4.69, 9.17) is 16.1 Å². The summed E-state index contributed by atoms with van der Waals surface area (Å²) in [5.41, 5.74) is 2.29. The first-order chi connectivity index (χ1) is 12.7. The highest BCUT2D eigenvalue weighted by molar-refractivity contribution is 6.30. The highest BCUT2D eigenvalue weighted by Gasteiger charge is 2.12. The zero-order valence-corrected chi connectivity index (χ0v) is 14.3. The van der Waals surface area contributed by atoms with E-state index in [2.05, 4.69) is 25.7 Å². The van der Waals surface area contributed by atoms with E-state index in [1.165, 1.54) is 0 Å². The van der Waals surface area contributed by atoms with Crippen LogP contribution in [0.25, 0.3) is 22.3 Å². The van der Waals surface area contributed by atoms with Gasteiger partial charge in [-0.1, -0.05) is 28.9 Å². The molecule has 1 amide bonds. The highest BCUT2D eigenvalue weighted by Crippen LogP contribution is 2.21. The molecule has 26 heavy (non-hydrogen) atoms. The number of aromatic amines is 1. The van der Waals surface area contributed by atoms with Crippen molar-refractivity contribution in [2.24, 2.45) is 0 Å². The third kappa shape index (κ3) is 3.43. The van der Waals surface area contributed by atoms with Crippen LogP contribution in [0.4, 0.5) is 5.69 Å². The third-order valence-corrected chi connectivity index (χ3v) is 4.14. The minimum Gasteiger partial charge on any atom is -0.339 e. The molecule has 8 heteroatoms. The lowest BCUT2D eigenvalue weighted by atomic mass is 10.2. The first-order valence-corrected chi connectivity index (χ1v) is 8.37. The summed E-state index contributed by atoms with van der Waals surface area (Å²) in [4.78, 5) is 16.5. The summed E-state index contributed by atoms with van der Waals surface area (Å²) in [6.07, 6.45) is 2.29. The molecule has 0 atom stereocenters. The summed E-state index contributed by atoms with van der Waals surface area (Å²) >= 11 is 5.87. The van der Waals surface area contributed by atoms with Crippen molar-refractivity contribution in [1.29, 1.82) is 0 Å². The number of H-pyrrole nitrogens is 1. The number of aryl methyl sites for hydroxylation is 1. The van der Waals surface area contributed by atoms with Gasteiger partial charge in [0.15, 0.2) is 0 Å². The number of nitrogens with zero attached hydrogens (tertiary/aromatic N) is 3. The van der Waals surface area contributed by atoms with Crippen LogP contribution in [0.2, 0.25) is 5.02 Å². The number of carbonyl (C=O) groups is 1. The maximum Gasteiger partial charge on any atom is 0.227 e. The number of anilines is 1. The monoisotopic (exact) mass is 367 g/mol. The topological polar surface area (TPSA) is 96.7 Å². The second-order valence-electron chi connectivity index (χ2n) is 5.71. The Labute approximate surface area is 153 Å². The molecule has 0 aliphatic rings. The second-order valence-corrected chi connectivity index (χ2v) is 6.14. The Bertz CT molecular complexity index is 1050. The summed E-state index contributed by atoms with van der Waals surface area (Å²) in [6, 6.07) is 12.8. The predicted octanol–water partition coefficient (Wildman–Crippen LogP) is 3.84. The molecule has 4 rings (SSSR count). The van der Waals surface area contributed by atoms with Crippen molar-refractivity contribution in [3.05, 3.63) is 59.6 Å². The molecule has 0 aliphatic heterocycles. The van der Waals surface area contributed by atoms with Crippen LogP contribution in [0.5, 0.6) is 0 Å². The van der Waals surface area contributed by atoms with Crippen molar-refractivity contribution in [3.8, 4) is 11.4 Å². The fourth-order valence-electron chi connectivity index (χ4n) is 2.58. The van der Waals surface area contributed by atoms with E-state index in [0.29, 0.717) is 28.8 Å². The predicted molar refractivity (Wildman–Crippen MR) is 97.8 cm³/mol. The van der Waals surface area contributed by atoms with Crippen molar-refractivity contribution in [2.45, 2.75) is 12.8 Å². The van der Waals surface area contributed by atoms with Gasteiger partial charge >= 0.3 is 0 Å². The summed E-state index contributed by atoms with van der Waals surface area (Å²) in [7, 11) is 0. The minimum absolute atomic E-state index is 0.140. The summed E-state index contributed by atoms with van der Waals surface area (Å²) in [5, 5.41) is 15.2. The molecule has 4 aromatic rings. The number of aromatic nitrogens is 4. The average molecular weight is 368 g/mol. The zero-order valence-electron chi connectivity index (χ0n) is 13.6. The maximum absolute atomic E-state index is 12.2. The molecule has 0 saturated carbocycles. The number of para-hydroxylation sites is 1. The normalized spacial score (nSPS) is 11.0. The largest absolute Gasteiger partial charge is 0.339 e. The molecule has 0 bridgehead atoms. The van der Waals surface area contributed by atoms with Gasteiger partial charge in [-0.05, 0) is 30.3 Å². The average Bonchev–Trinajstić information content (AvgIpc) is 3.30. The van der Waals surface area contributed by atoms with Crippen LogP contribution in [0.15, 0.2) is 53.2 Å². The van der Waals surface area contributed by atoms with Crippen LogP contribution < -0.4 is 5.32 Å². The standard InChI is InChI=1S/C18H14ClN5O2/c19-13-6-4-11(5-7-13)18-22-16(26-24-18)9-8-15(25)21-14-3-1-2-12-10-20-23-17(12)14/h1-7,10H,8-9H2,(H,20,23)(H,21,25). The van der Waals surface area contributed by atoms with Crippen molar-refractivity contribution in [2.75, 3.05) is 5.32 Å². The van der Waals surface area contributed by atoms with Crippen molar-refractivity contribution in [1.82, 2.24) is 20.3 Å². The number of carbonyl (C=O) groups excluding carboxylic acids is 1. The number of nitrogens with one attached hydrogen (secondary N) is 2. The molecule has 2 heterocycles. The number of hydrogen-bond acceptors (Lipinski definition) is 5. The van der Waals surface area contributed by atoms with Crippen LogP contribution in [-0.2, 0) is 11.2 Å². The Hall–Kier alpha value is -3.19. The summed E-state index contributed by atoms with van der Waals surface area (Å²) in [6.45, 7) is 0. The fraction of sp³-hybridized carbons (Fsp3) is 0.111. The molecule has 0 radical (unpaired) electrons. The van der Waals surface area contributed by atoms with Crippen LogP contribution in [0, 0.1) is 0 Å². The summed E-state index contributed by atoms with van der Waals surface area (Å²) < 4.78 is 5.22. The van der Waals surface area contributed by atoms with Crippen molar-refractivity contribution < 1.29 is 9.32 Å². The molecule has 0 saturated heterocycles. The Morgan fingerprint density at radius 1 is 1.19 bits per heavy atom. The van der Waals surface area contributed by atoms with E-state index in [9.17, 15) is 4.79 Å². The molecule has 0 fully saturated rings. The van der Waals surface area contributed by atoms with E-state index >= 15 is 0 Å². The number of hydrogen-bond donors (Lipinski definition) is 2. The van der Waals surface area contributed by atoms with Crippen LogP contribution in [0.3, 0.4) is 0 Å². The molecule has 130 valence electrons. The van der Waals surface area contributed by atoms with Crippen LogP contribution >= 0.6 is 11.6 Å². The number of halogens is 1. The molecular formula is C18H14ClN5O2. The quantitative estimate of drug-likeness (QED) is 0.558. The van der Waals surface area contributed by atoms with E-state index in [1.807, 2.05) is 30.3 Å². The first kappa shape index (κ1) is 16.3. The van der Waals surface area contributed by atoms with E-state index in [0.717, 1.165) is 16.5 Å². The number of benzene rings is 2. The fourth-order valence-corrected chi connectivity index (χ4v) is 2.70. The van der Waals surface area contributed by atoms with Gasteiger partial charge in [0.25, 0.3) is 0 Å². The van der Waals surface area contributed by atoms with Crippen LogP contribution in [-0.4, -0.2) is 26.2 Å². The summed E-state index contributed by atoms with van der Waals surface area (Å²) in [5.74, 6) is 0.738. The van der Waals surface area contributed by atoms with Gasteiger partial charge in [-0.25, -0.2) is 0 Å². The van der Waals surface area contributed by atoms with Gasteiger partial charge in [-0.15, -0.1) is 0 Å². The lowest BCUT2D eigenvalue weighted by Crippen LogP contribution is -2.12. The van der Waals surface area contributed by atoms with Gasteiger partial charge in [0.1, 0.15) is 0 Å². The lowest BCUT2D eigenvalue weighted by Gasteiger charge is -2.05. The molecule has 2 N–H and O–H groups in total. The third-order valence-electron chi connectivity index (χ3n) is 3.89. The van der Waals surface area contributed by atoms with E-state index < -0.39 is 0 Å². The molecule has 2 aromatic carbocycles. The first-order valence-electron chi connectivity index (χ1n) is 7.99. The Morgan fingerprint density at radius 3 is 2.88 bits per heavy atom. The zero-order chi connectivity index (χ0) is 17.9. The van der Waals surface area contributed by atoms with Gasteiger partial charge in [0, 0.05) is 28.8 Å². The van der Waals surface area contributed by atoms with Gasteiger partial charge in [-0.2, -0.15) is 10.1 Å². The van der Waals surface area contributed by atoms with Crippen LogP contribution in [0.1, 0.15) is 12.3 Å². The molecular weight excluding hydrogens is 354 g/mol. The Kier molecular flexibility index (Phi) is 4.37. The van der Waals surface area contributed by atoms with Gasteiger partial charge in [-0.3, -0.25) is 9.89 Å². The molecule has 0 spiro atoms. The van der Waals surface area contributed by atoms with Gasteiger partial charge in [0.05, 0.1) is 17.4 Å². The smallest absolute Gasteiger partial charge is 0.227 e. The van der Waals surface area contributed by atoms with Crippen molar-refractivity contribution >= 4 is 34.1 Å². The molecule has 0 unspecified atom stereocenters. The van der Waals surface area contributed by atoms with E-state index in [1.54, 1.807) is 18.3 Å². The Balaban J connectivity index is 1.39. The Morgan fingerprint density at radius 2 is 2.04 bits per heavy atom. The molecule has 0 aliphatic carbocycles. The molecule has 7 nitrogen and oxygen atoms in total. The number of fused-ring (bicyclic) bond motifs is 1. The van der Waals surface area contributed by atoms with Gasteiger partial charge < -0.3 is 9.84 Å². The number of amides is 1. The minimum atomic E-state index is -0.140. The van der Waals surface area contributed by atoms with Gasteiger partial charge in [0.2, 0.25) is 17.6 Å². The molecule has 2 aromatic heterocycles. The number of rotatable bonds is 5. The maximum atomic E-state index is 12.2. The lowest BCUT2D eigenvalue weighted by molar-refractivity contribution is -0.116. The highest BCUT2D eigenvalue weighted by atomic mass is 35.5.